The molecule has 0 fully saturated rings. The van der Waals surface area contributed by atoms with Gasteiger partial charge < -0.3 is 4.74 Å². The van der Waals surface area contributed by atoms with Crippen molar-refractivity contribution in [3.8, 4) is 5.88 Å². The van der Waals surface area contributed by atoms with E-state index in [9.17, 15) is 4.39 Å². The molecule has 20 heavy (non-hydrogen) atoms. The number of aromatic nitrogens is 2. The molecule has 6 heteroatoms. The number of nitrogens with two attached hydrogens (primary N) is 1. The SMILES string of the molecule is NNc1ncc(F)c(OC2CCCc3ccccc32)n1. The largest absolute Gasteiger partial charge is 0.467 e. The molecule has 3 N–H and O–H groups in total. The molecular formula is C14H15FN4O. The Kier molecular flexibility index (Phi) is 3.47. The van der Waals surface area contributed by atoms with Crippen LogP contribution in [0, 0.1) is 5.82 Å². The molecule has 0 aliphatic heterocycles. The van der Waals surface area contributed by atoms with Gasteiger partial charge in [0.2, 0.25) is 11.8 Å². The van der Waals surface area contributed by atoms with Crippen LogP contribution in [0.1, 0.15) is 30.1 Å². The minimum absolute atomic E-state index is 0.0744. The summed E-state index contributed by atoms with van der Waals surface area (Å²) in [4.78, 5) is 7.61. The second-order valence-corrected chi connectivity index (χ2v) is 4.69. The number of nitrogen functional groups attached to an aromatic ring is 1. The number of hydrogen-bond acceptors (Lipinski definition) is 5. The third kappa shape index (κ3) is 2.42. The van der Waals surface area contributed by atoms with Crippen molar-refractivity contribution in [3.05, 3.63) is 47.4 Å². The number of nitrogens with one attached hydrogen (secondary N) is 1. The van der Waals surface area contributed by atoms with Gasteiger partial charge in [-0.1, -0.05) is 24.3 Å². The molecule has 1 aromatic carbocycles. The minimum Gasteiger partial charge on any atom is -0.467 e. The summed E-state index contributed by atoms with van der Waals surface area (Å²) in [5.41, 5.74) is 4.62. The third-order valence-corrected chi connectivity index (χ3v) is 3.41. The van der Waals surface area contributed by atoms with Crippen LogP contribution in [0.3, 0.4) is 0 Å². The van der Waals surface area contributed by atoms with Crippen molar-refractivity contribution in [1.82, 2.24) is 9.97 Å². The lowest BCUT2D eigenvalue weighted by molar-refractivity contribution is 0.167. The van der Waals surface area contributed by atoms with E-state index in [4.69, 9.17) is 10.6 Å². The molecule has 0 spiro atoms. The van der Waals surface area contributed by atoms with Gasteiger partial charge in [0.05, 0.1) is 6.20 Å². The fourth-order valence-corrected chi connectivity index (χ4v) is 2.47. The third-order valence-electron chi connectivity index (χ3n) is 3.41. The Labute approximate surface area is 116 Å². The number of rotatable bonds is 3. The van der Waals surface area contributed by atoms with Crippen molar-refractivity contribution in [1.29, 1.82) is 0 Å². The summed E-state index contributed by atoms with van der Waals surface area (Å²) in [5, 5.41) is 0. The molecule has 0 amide bonds. The Balaban J connectivity index is 1.89. The molecule has 1 unspecified atom stereocenters. The maximum Gasteiger partial charge on any atom is 0.256 e. The van der Waals surface area contributed by atoms with Crippen LogP contribution in [-0.2, 0) is 6.42 Å². The van der Waals surface area contributed by atoms with Crippen LogP contribution in [0.5, 0.6) is 5.88 Å². The molecular weight excluding hydrogens is 259 g/mol. The molecule has 0 radical (unpaired) electrons. The van der Waals surface area contributed by atoms with E-state index < -0.39 is 5.82 Å². The number of halogens is 1. The van der Waals surface area contributed by atoms with Gasteiger partial charge in [-0.3, -0.25) is 5.43 Å². The lowest BCUT2D eigenvalue weighted by Gasteiger charge is -2.25. The molecule has 5 nitrogen and oxygen atoms in total. The molecule has 0 saturated carbocycles. The van der Waals surface area contributed by atoms with Crippen molar-refractivity contribution in [2.45, 2.75) is 25.4 Å². The van der Waals surface area contributed by atoms with Crippen molar-refractivity contribution in [2.75, 3.05) is 5.43 Å². The van der Waals surface area contributed by atoms with Gasteiger partial charge in [0.15, 0.2) is 0 Å². The molecule has 1 aliphatic carbocycles. The number of fused-ring (bicyclic) bond motifs is 1. The fraction of sp³-hybridized carbons (Fsp3) is 0.286. The van der Waals surface area contributed by atoms with Crippen molar-refractivity contribution < 1.29 is 9.13 Å². The quantitative estimate of drug-likeness (QED) is 0.664. The van der Waals surface area contributed by atoms with Crippen LogP contribution < -0.4 is 16.0 Å². The summed E-state index contributed by atoms with van der Waals surface area (Å²) >= 11 is 0. The number of nitrogens with zero attached hydrogens (tertiary/aromatic N) is 2. The Morgan fingerprint density at radius 2 is 2.20 bits per heavy atom. The van der Waals surface area contributed by atoms with Gasteiger partial charge in [-0.15, -0.1) is 0 Å². The van der Waals surface area contributed by atoms with Gasteiger partial charge in [0, 0.05) is 0 Å². The van der Waals surface area contributed by atoms with Crippen molar-refractivity contribution >= 4 is 5.95 Å². The van der Waals surface area contributed by atoms with Gasteiger partial charge in [0.25, 0.3) is 5.88 Å². The van der Waals surface area contributed by atoms with E-state index in [1.54, 1.807) is 0 Å². The molecule has 1 atom stereocenters. The zero-order chi connectivity index (χ0) is 13.9. The number of hydrogen-bond donors (Lipinski definition) is 2. The molecule has 3 rings (SSSR count). The van der Waals surface area contributed by atoms with Crippen LogP contribution in [0.25, 0.3) is 0 Å². The molecule has 1 heterocycles. The maximum atomic E-state index is 13.7. The average Bonchev–Trinajstić information content (AvgIpc) is 2.50. The summed E-state index contributed by atoms with van der Waals surface area (Å²) in [6.07, 6.45) is 3.74. The van der Waals surface area contributed by atoms with Gasteiger partial charge in [-0.2, -0.15) is 9.37 Å². The number of ether oxygens (including phenoxy) is 1. The highest BCUT2D eigenvalue weighted by atomic mass is 19.1. The topological polar surface area (TPSA) is 73.1 Å². The Morgan fingerprint density at radius 1 is 1.35 bits per heavy atom. The first-order chi connectivity index (χ1) is 9.78. The van der Waals surface area contributed by atoms with E-state index in [2.05, 4.69) is 21.5 Å². The van der Waals surface area contributed by atoms with Crippen LogP contribution in [0.4, 0.5) is 10.3 Å². The molecule has 2 aromatic rings. The van der Waals surface area contributed by atoms with Crippen molar-refractivity contribution in [2.24, 2.45) is 5.84 Å². The molecule has 1 aromatic heterocycles. The lowest BCUT2D eigenvalue weighted by Crippen LogP contribution is -2.17. The normalized spacial score (nSPS) is 17.4. The summed E-state index contributed by atoms with van der Waals surface area (Å²) in [5.74, 6) is 4.69. The highest BCUT2D eigenvalue weighted by molar-refractivity contribution is 5.33. The first-order valence-electron chi connectivity index (χ1n) is 6.51. The summed E-state index contributed by atoms with van der Waals surface area (Å²) < 4.78 is 19.5. The second-order valence-electron chi connectivity index (χ2n) is 4.69. The number of hydrazine groups is 1. The smallest absolute Gasteiger partial charge is 0.256 e. The standard InChI is InChI=1S/C14H15FN4O/c15-11-8-17-14(19-16)18-13(11)20-12-7-3-5-9-4-1-2-6-10(9)12/h1-2,4,6,8,12H,3,5,7,16H2,(H,17,18,19). The Morgan fingerprint density at radius 3 is 3.05 bits per heavy atom. The molecule has 0 saturated heterocycles. The van der Waals surface area contributed by atoms with Crippen LogP contribution >= 0.6 is 0 Å². The molecule has 0 bridgehead atoms. The zero-order valence-electron chi connectivity index (χ0n) is 10.8. The highest BCUT2D eigenvalue weighted by Crippen LogP contribution is 2.33. The number of anilines is 1. The predicted molar refractivity (Wildman–Crippen MR) is 72.5 cm³/mol. The fourth-order valence-electron chi connectivity index (χ4n) is 2.47. The van der Waals surface area contributed by atoms with E-state index in [1.165, 1.54) is 5.56 Å². The minimum atomic E-state index is -0.591. The van der Waals surface area contributed by atoms with E-state index in [0.29, 0.717) is 0 Å². The van der Waals surface area contributed by atoms with E-state index >= 15 is 0 Å². The van der Waals surface area contributed by atoms with Crippen LogP contribution in [0.2, 0.25) is 0 Å². The van der Waals surface area contributed by atoms with Gasteiger partial charge in [-0.05, 0) is 30.4 Å². The summed E-state index contributed by atoms with van der Waals surface area (Å²) in [6.45, 7) is 0. The van der Waals surface area contributed by atoms with E-state index in [-0.39, 0.29) is 17.9 Å². The van der Waals surface area contributed by atoms with Gasteiger partial charge in [0.1, 0.15) is 6.10 Å². The predicted octanol–water partition coefficient (Wildman–Crippen LogP) is 2.36. The summed E-state index contributed by atoms with van der Waals surface area (Å²) in [7, 11) is 0. The Bertz CT molecular complexity index is 620. The van der Waals surface area contributed by atoms with Crippen LogP contribution in [-0.4, -0.2) is 9.97 Å². The van der Waals surface area contributed by atoms with Gasteiger partial charge in [-0.25, -0.2) is 10.8 Å². The van der Waals surface area contributed by atoms with E-state index in [1.807, 2.05) is 18.2 Å². The zero-order valence-corrected chi connectivity index (χ0v) is 10.8. The van der Waals surface area contributed by atoms with Gasteiger partial charge >= 0.3 is 0 Å². The monoisotopic (exact) mass is 274 g/mol. The highest BCUT2D eigenvalue weighted by Gasteiger charge is 2.23. The molecule has 1 aliphatic rings. The lowest BCUT2D eigenvalue weighted by atomic mass is 9.89. The maximum absolute atomic E-state index is 13.7. The van der Waals surface area contributed by atoms with Crippen LogP contribution in [0.15, 0.2) is 30.5 Å². The van der Waals surface area contributed by atoms with Crippen molar-refractivity contribution in [3.63, 3.8) is 0 Å². The molecule has 104 valence electrons. The Hall–Kier alpha value is -2.21. The summed E-state index contributed by atoms with van der Waals surface area (Å²) in [6, 6.07) is 8.06. The second kappa shape index (κ2) is 5.42. The first-order valence-corrected chi connectivity index (χ1v) is 6.51. The average molecular weight is 274 g/mol. The number of benzene rings is 1. The van der Waals surface area contributed by atoms with E-state index in [0.717, 1.165) is 31.0 Å². The first kappa shape index (κ1) is 12.8. The number of aryl methyl sites for hydroxylation is 1.